The van der Waals surface area contributed by atoms with Crippen molar-refractivity contribution in [1.82, 2.24) is 0 Å². The summed E-state index contributed by atoms with van der Waals surface area (Å²) >= 11 is 0. The van der Waals surface area contributed by atoms with E-state index in [4.69, 9.17) is 0 Å². The van der Waals surface area contributed by atoms with Crippen molar-refractivity contribution >= 4 is 0 Å². The summed E-state index contributed by atoms with van der Waals surface area (Å²) in [7, 11) is 0. The van der Waals surface area contributed by atoms with Crippen LogP contribution in [-0.2, 0) is 0 Å². The Balaban J connectivity index is 2.01. The quantitative estimate of drug-likeness (QED) is 0.519. The van der Waals surface area contributed by atoms with Crippen LogP contribution < -0.4 is 0 Å². The molecule has 2 saturated carbocycles. The zero-order chi connectivity index (χ0) is 17.4. The Bertz CT molecular complexity index is 343. The fourth-order valence-corrected chi connectivity index (χ4v) is 5.30. The molecule has 4 heteroatoms. The first-order valence-corrected chi connectivity index (χ1v) is 10.2. The first-order valence-electron chi connectivity index (χ1n) is 10.2. The van der Waals surface area contributed by atoms with Gasteiger partial charge in [0.25, 0.3) is 0 Å². The Morgan fingerprint density at radius 2 is 1.58 bits per heavy atom. The van der Waals surface area contributed by atoms with E-state index in [2.05, 4.69) is 0 Å². The van der Waals surface area contributed by atoms with E-state index in [1.807, 2.05) is 0 Å². The van der Waals surface area contributed by atoms with Gasteiger partial charge in [-0.25, -0.2) is 0 Å². The topological polar surface area (TPSA) is 80.9 Å². The molecule has 0 aromatic carbocycles. The normalized spacial score (nSPS) is 30.0. The molecule has 2 aliphatic carbocycles. The molecule has 4 atom stereocenters. The molecule has 24 heavy (non-hydrogen) atoms. The molecule has 2 rings (SSSR count). The van der Waals surface area contributed by atoms with E-state index in [1.165, 1.54) is 32.1 Å². The number of rotatable bonds is 9. The summed E-state index contributed by atoms with van der Waals surface area (Å²) in [5, 5.41) is 40.3. The van der Waals surface area contributed by atoms with Crippen LogP contribution in [0.2, 0.25) is 0 Å². The SMILES string of the molecule is OCCC(CO)(C(O)CCC1CCCCC1)C1CCCC(CO)C1. The van der Waals surface area contributed by atoms with Gasteiger partial charge in [-0.05, 0) is 56.3 Å². The summed E-state index contributed by atoms with van der Waals surface area (Å²) in [6, 6.07) is 0. The van der Waals surface area contributed by atoms with Crippen molar-refractivity contribution in [3.8, 4) is 0 Å². The third-order valence-electron chi connectivity index (χ3n) is 6.96. The van der Waals surface area contributed by atoms with Crippen LogP contribution in [0.1, 0.15) is 77.0 Å². The van der Waals surface area contributed by atoms with Gasteiger partial charge in [0.15, 0.2) is 0 Å². The highest BCUT2D eigenvalue weighted by atomic mass is 16.3. The van der Waals surface area contributed by atoms with Gasteiger partial charge < -0.3 is 20.4 Å². The predicted molar refractivity (Wildman–Crippen MR) is 95.6 cm³/mol. The number of aliphatic hydroxyl groups is 4. The van der Waals surface area contributed by atoms with Gasteiger partial charge >= 0.3 is 0 Å². The zero-order valence-electron chi connectivity index (χ0n) is 15.2. The van der Waals surface area contributed by atoms with E-state index in [-0.39, 0.29) is 31.7 Å². The third-order valence-corrected chi connectivity index (χ3v) is 6.96. The lowest BCUT2D eigenvalue weighted by molar-refractivity contribution is -0.0944. The molecule has 0 aromatic heterocycles. The van der Waals surface area contributed by atoms with E-state index in [0.29, 0.717) is 6.42 Å². The molecule has 2 fully saturated rings. The average Bonchev–Trinajstić information content (AvgIpc) is 2.65. The minimum absolute atomic E-state index is 0.00133. The number of hydrogen-bond donors (Lipinski definition) is 4. The predicted octanol–water partition coefficient (Wildman–Crippen LogP) is 2.87. The number of hydrogen-bond acceptors (Lipinski definition) is 4. The van der Waals surface area contributed by atoms with Crippen LogP contribution >= 0.6 is 0 Å². The molecule has 4 nitrogen and oxygen atoms in total. The van der Waals surface area contributed by atoms with Gasteiger partial charge in [-0.15, -0.1) is 0 Å². The maximum atomic E-state index is 11.0. The first-order chi connectivity index (χ1) is 11.7. The largest absolute Gasteiger partial charge is 0.396 e. The molecule has 142 valence electrons. The Morgan fingerprint density at radius 1 is 0.875 bits per heavy atom. The van der Waals surface area contributed by atoms with E-state index < -0.39 is 11.5 Å². The van der Waals surface area contributed by atoms with Crippen LogP contribution in [0, 0.1) is 23.2 Å². The van der Waals surface area contributed by atoms with Gasteiger partial charge in [-0.2, -0.15) is 0 Å². The van der Waals surface area contributed by atoms with Crippen molar-refractivity contribution in [1.29, 1.82) is 0 Å². The Labute approximate surface area is 147 Å². The minimum Gasteiger partial charge on any atom is -0.396 e. The highest BCUT2D eigenvalue weighted by molar-refractivity contribution is 4.94. The smallest absolute Gasteiger partial charge is 0.0622 e. The molecule has 0 spiro atoms. The second-order valence-corrected chi connectivity index (χ2v) is 8.37. The van der Waals surface area contributed by atoms with E-state index in [9.17, 15) is 20.4 Å². The van der Waals surface area contributed by atoms with Crippen molar-refractivity contribution in [2.75, 3.05) is 19.8 Å². The number of aliphatic hydroxyl groups excluding tert-OH is 4. The maximum Gasteiger partial charge on any atom is 0.0622 e. The lowest BCUT2D eigenvalue weighted by atomic mass is 9.61. The van der Waals surface area contributed by atoms with Gasteiger partial charge in [0.1, 0.15) is 0 Å². The van der Waals surface area contributed by atoms with Crippen molar-refractivity contribution in [2.45, 2.75) is 83.2 Å². The molecular formula is C20H38O4. The van der Waals surface area contributed by atoms with Gasteiger partial charge in [0.05, 0.1) is 12.7 Å². The Kier molecular flexibility index (Phi) is 8.48. The molecule has 0 amide bonds. The van der Waals surface area contributed by atoms with Crippen LogP contribution in [0.25, 0.3) is 0 Å². The van der Waals surface area contributed by atoms with Crippen molar-refractivity contribution in [3.63, 3.8) is 0 Å². The zero-order valence-corrected chi connectivity index (χ0v) is 15.2. The van der Waals surface area contributed by atoms with E-state index in [0.717, 1.165) is 44.4 Å². The van der Waals surface area contributed by atoms with E-state index in [1.54, 1.807) is 0 Å². The van der Waals surface area contributed by atoms with E-state index >= 15 is 0 Å². The molecular weight excluding hydrogens is 304 g/mol. The standard InChI is InChI=1S/C20H38O4/c21-12-11-20(15-23,18-8-4-7-17(13-18)14-22)19(24)10-9-16-5-2-1-3-6-16/h16-19,21-24H,1-15H2. The summed E-state index contributed by atoms with van der Waals surface area (Å²) in [5.41, 5.74) is -0.600. The van der Waals surface area contributed by atoms with Crippen LogP contribution in [-0.4, -0.2) is 46.4 Å². The molecule has 0 heterocycles. The lowest BCUT2D eigenvalue weighted by Gasteiger charge is -2.46. The summed E-state index contributed by atoms with van der Waals surface area (Å²) in [4.78, 5) is 0. The van der Waals surface area contributed by atoms with Gasteiger partial charge in [0.2, 0.25) is 0 Å². The highest BCUT2D eigenvalue weighted by Crippen LogP contribution is 2.46. The van der Waals surface area contributed by atoms with Gasteiger partial charge in [-0.1, -0.05) is 38.5 Å². The summed E-state index contributed by atoms with van der Waals surface area (Å²) in [5.74, 6) is 1.19. The fourth-order valence-electron chi connectivity index (χ4n) is 5.30. The summed E-state index contributed by atoms with van der Waals surface area (Å²) in [6.45, 7) is 0.124. The van der Waals surface area contributed by atoms with Crippen LogP contribution in [0.4, 0.5) is 0 Å². The molecule has 0 bridgehead atoms. The third kappa shape index (κ3) is 4.94. The molecule has 0 saturated heterocycles. The van der Waals surface area contributed by atoms with Crippen molar-refractivity contribution < 1.29 is 20.4 Å². The van der Waals surface area contributed by atoms with Gasteiger partial charge in [0, 0.05) is 18.6 Å². The van der Waals surface area contributed by atoms with Crippen LogP contribution in [0.15, 0.2) is 0 Å². The summed E-state index contributed by atoms with van der Waals surface area (Å²) in [6.07, 6.45) is 12.1. The van der Waals surface area contributed by atoms with Crippen molar-refractivity contribution in [3.05, 3.63) is 0 Å². The molecule has 0 radical (unpaired) electrons. The minimum atomic E-state index is -0.600. The van der Waals surface area contributed by atoms with Crippen molar-refractivity contribution in [2.24, 2.45) is 23.2 Å². The average molecular weight is 343 g/mol. The maximum absolute atomic E-state index is 11.0. The van der Waals surface area contributed by atoms with Crippen LogP contribution in [0.3, 0.4) is 0 Å². The molecule has 2 aliphatic rings. The van der Waals surface area contributed by atoms with Gasteiger partial charge in [-0.3, -0.25) is 0 Å². The second-order valence-electron chi connectivity index (χ2n) is 8.37. The molecule has 0 aromatic rings. The molecule has 4 N–H and O–H groups in total. The Morgan fingerprint density at radius 3 is 2.21 bits per heavy atom. The molecule has 0 aliphatic heterocycles. The first kappa shape index (κ1) is 20.2. The Hall–Kier alpha value is -0.160. The monoisotopic (exact) mass is 342 g/mol. The molecule has 4 unspecified atom stereocenters. The van der Waals surface area contributed by atoms with Crippen LogP contribution in [0.5, 0.6) is 0 Å². The highest BCUT2D eigenvalue weighted by Gasteiger charge is 2.45. The second kappa shape index (κ2) is 10.1. The fraction of sp³-hybridized carbons (Fsp3) is 1.00. The lowest BCUT2D eigenvalue weighted by Crippen LogP contribution is -2.47. The summed E-state index contributed by atoms with van der Waals surface area (Å²) < 4.78 is 0.